The number of carbonyl (C=O) groups excluding carboxylic acids is 1. The van der Waals surface area contributed by atoms with E-state index in [2.05, 4.69) is 34.5 Å². The lowest BCUT2D eigenvalue weighted by Crippen LogP contribution is -2.45. The molecule has 2 aliphatic rings. The van der Waals surface area contributed by atoms with Crippen LogP contribution in [0.5, 0.6) is 0 Å². The lowest BCUT2D eigenvalue weighted by atomic mass is 10.0. The smallest absolute Gasteiger partial charge is 0.222 e. The Morgan fingerprint density at radius 3 is 2.80 bits per heavy atom. The average molecular weight is 346 g/mol. The third kappa shape index (κ3) is 5.80. The van der Waals surface area contributed by atoms with Crippen molar-refractivity contribution in [3.05, 3.63) is 35.9 Å². The van der Waals surface area contributed by atoms with Crippen LogP contribution < -0.4 is 5.32 Å². The molecule has 138 valence electrons. The molecule has 25 heavy (non-hydrogen) atoms. The molecule has 5 nitrogen and oxygen atoms in total. The molecule has 1 aromatic rings. The topological polar surface area (TPSA) is 61.8 Å². The van der Waals surface area contributed by atoms with Gasteiger partial charge in [0.15, 0.2) is 0 Å². The van der Waals surface area contributed by atoms with Gasteiger partial charge in [-0.3, -0.25) is 9.69 Å². The molecule has 1 aromatic carbocycles. The largest absolute Gasteiger partial charge is 0.391 e. The predicted molar refractivity (Wildman–Crippen MR) is 97.1 cm³/mol. The van der Waals surface area contributed by atoms with Gasteiger partial charge in [-0.25, -0.2) is 0 Å². The van der Waals surface area contributed by atoms with Crippen LogP contribution in [0.15, 0.2) is 30.3 Å². The maximum atomic E-state index is 12.2. The molecule has 0 radical (unpaired) electrons. The van der Waals surface area contributed by atoms with Crippen LogP contribution in [0.4, 0.5) is 0 Å². The van der Waals surface area contributed by atoms with Crippen molar-refractivity contribution in [1.82, 2.24) is 10.2 Å². The van der Waals surface area contributed by atoms with Gasteiger partial charge in [-0.1, -0.05) is 43.2 Å². The molecule has 0 aromatic heterocycles. The van der Waals surface area contributed by atoms with Gasteiger partial charge in [-0.05, 0) is 24.3 Å². The van der Waals surface area contributed by atoms with E-state index in [1.54, 1.807) is 0 Å². The summed E-state index contributed by atoms with van der Waals surface area (Å²) >= 11 is 0. The molecule has 0 unspecified atom stereocenters. The number of aliphatic hydroxyl groups is 1. The zero-order chi connectivity index (χ0) is 17.5. The van der Waals surface area contributed by atoms with E-state index in [4.69, 9.17) is 4.74 Å². The quantitative estimate of drug-likeness (QED) is 0.792. The van der Waals surface area contributed by atoms with Crippen LogP contribution in [0, 0.1) is 5.92 Å². The van der Waals surface area contributed by atoms with E-state index < -0.39 is 6.10 Å². The molecule has 1 heterocycles. The Bertz CT molecular complexity index is 531. The molecule has 0 bridgehead atoms. The van der Waals surface area contributed by atoms with Crippen molar-refractivity contribution in [3.63, 3.8) is 0 Å². The fraction of sp³-hybridized carbons (Fsp3) is 0.650. The Hall–Kier alpha value is -1.43. The SMILES string of the molecule is O=C(C[C@H]1CN(Cc2ccccc2)CCO1)NC[C@H](O)C1CCCC1. The van der Waals surface area contributed by atoms with Crippen LogP contribution in [-0.4, -0.2) is 54.4 Å². The molecule has 2 N–H and O–H groups in total. The summed E-state index contributed by atoms with van der Waals surface area (Å²) in [5, 5.41) is 13.0. The number of amides is 1. The van der Waals surface area contributed by atoms with E-state index in [0.29, 0.717) is 25.5 Å². The number of benzene rings is 1. The summed E-state index contributed by atoms with van der Waals surface area (Å²) < 4.78 is 5.76. The lowest BCUT2D eigenvalue weighted by Gasteiger charge is -2.32. The first-order valence-electron chi connectivity index (χ1n) is 9.53. The van der Waals surface area contributed by atoms with Crippen LogP contribution >= 0.6 is 0 Å². The molecule has 1 aliphatic carbocycles. The number of carbonyl (C=O) groups is 1. The molecule has 0 spiro atoms. The van der Waals surface area contributed by atoms with Crippen molar-refractivity contribution in [1.29, 1.82) is 0 Å². The summed E-state index contributed by atoms with van der Waals surface area (Å²) in [7, 11) is 0. The van der Waals surface area contributed by atoms with E-state index in [9.17, 15) is 9.90 Å². The molecule has 5 heteroatoms. The number of nitrogens with one attached hydrogen (secondary N) is 1. The second-order valence-corrected chi connectivity index (χ2v) is 7.33. The minimum atomic E-state index is -0.409. The predicted octanol–water partition coefficient (Wildman–Crippen LogP) is 1.94. The average Bonchev–Trinajstić information content (AvgIpc) is 3.16. The maximum Gasteiger partial charge on any atom is 0.222 e. The van der Waals surface area contributed by atoms with Crippen molar-refractivity contribution >= 4 is 5.91 Å². The number of nitrogens with zero attached hydrogens (tertiary/aromatic N) is 1. The molecule has 1 saturated carbocycles. The highest BCUT2D eigenvalue weighted by molar-refractivity contribution is 5.76. The molecular weight excluding hydrogens is 316 g/mol. The molecule has 3 rings (SSSR count). The summed E-state index contributed by atoms with van der Waals surface area (Å²) in [4.78, 5) is 14.5. The lowest BCUT2D eigenvalue weighted by molar-refractivity contribution is -0.126. The van der Waals surface area contributed by atoms with Gasteiger partial charge in [-0.15, -0.1) is 0 Å². The van der Waals surface area contributed by atoms with Gasteiger partial charge >= 0.3 is 0 Å². The zero-order valence-corrected chi connectivity index (χ0v) is 14.9. The van der Waals surface area contributed by atoms with Gasteiger partial charge < -0.3 is 15.2 Å². The molecule has 2 fully saturated rings. The molecule has 2 atom stereocenters. The van der Waals surface area contributed by atoms with Gasteiger partial charge in [0, 0.05) is 26.2 Å². The second kappa shape index (κ2) is 9.32. The molecule has 1 saturated heterocycles. The van der Waals surface area contributed by atoms with E-state index >= 15 is 0 Å². The number of hydrogen-bond acceptors (Lipinski definition) is 4. The third-order valence-electron chi connectivity index (χ3n) is 5.34. The van der Waals surface area contributed by atoms with Crippen LogP contribution in [0.1, 0.15) is 37.7 Å². The van der Waals surface area contributed by atoms with Crippen molar-refractivity contribution in [2.24, 2.45) is 5.92 Å². The Morgan fingerprint density at radius 1 is 1.28 bits per heavy atom. The van der Waals surface area contributed by atoms with Crippen molar-refractivity contribution in [2.45, 2.75) is 50.9 Å². The number of ether oxygens (including phenoxy) is 1. The molecule has 1 amide bonds. The number of aliphatic hydroxyl groups excluding tert-OH is 1. The first-order chi connectivity index (χ1) is 12.2. The Balaban J connectivity index is 1.38. The highest BCUT2D eigenvalue weighted by atomic mass is 16.5. The second-order valence-electron chi connectivity index (χ2n) is 7.33. The first kappa shape index (κ1) is 18.4. The summed E-state index contributed by atoms with van der Waals surface area (Å²) in [6.45, 7) is 3.59. The van der Waals surface area contributed by atoms with Crippen LogP contribution in [0.2, 0.25) is 0 Å². The van der Waals surface area contributed by atoms with Crippen molar-refractivity contribution in [3.8, 4) is 0 Å². The van der Waals surface area contributed by atoms with Crippen LogP contribution in [0.3, 0.4) is 0 Å². The van der Waals surface area contributed by atoms with Gasteiger partial charge in [-0.2, -0.15) is 0 Å². The highest BCUT2D eigenvalue weighted by Gasteiger charge is 2.25. The van der Waals surface area contributed by atoms with Gasteiger partial charge in [0.25, 0.3) is 0 Å². The van der Waals surface area contributed by atoms with E-state index in [1.165, 1.54) is 18.4 Å². The maximum absolute atomic E-state index is 12.2. The third-order valence-corrected chi connectivity index (χ3v) is 5.34. The van der Waals surface area contributed by atoms with Crippen LogP contribution in [0.25, 0.3) is 0 Å². The standard InChI is InChI=1S/C20H30N2O3/c23-19(17-8-4-5-9-17)13-21-20(24)12-18-15-22(10-11-25-18)14-16-6-2-1-3-7-16/h1-3,6-7,17-19,23H,4-5,8-15H2,(H,21,24)/t18-,19-/m0/s1. The van der Waals surface area contributed by atoms with E-state index in [1.807, 2.05) is 6.07 Å². The Labute approximate surface area is 150 Å². The fourth-order valence-electron chi connectivity index (χ4n) is 3.90. The van der Waals surface area contributed by atoms with Crippen molar-refractivity contribution in [2.75, 3.05) is 26.2 Å². The summed E-state index contributed by atoms with van der Waals surface area (Å²) in [6, 6.07) is 10.4. The Morgan fingerprint density at radius 2 is 2.04 bits per heavy atom. The van der Waals surface area contributed by atoms with E-state index in [0.717, 1.165) is 32.5 Å². The normalized spacial score (nSPS) is 23.5. The van der Waals surface area contributed by atoms with E-state index in [-0.39, 0.29) is 12.0 Å². The van der Waals surface area contributed by atoms with Gasteiger partial charge in [0.1, 0.15) is 0 Å². The Kier molecular flexibility index (Phi) is 6.84. The monoisotopic (exact) mass is 346 g/mol. The molecular formula is C20H30N2O3. The minimum absolute atomic E-state index is 0.0244. The van der Waals surface area contributed by atoms with Crippen LogP contribution in [-0.2, 0) is 16.1 Å². The summed E-state index contributed by atoms with van der Waals surface area (Å²) in [5.74, 6) is 0.330. The minimum Gasteiger partial charge on any atom is -0.391 e. The number of morpholine rings is 1. The number of hydrogen-bond donors (Lipinski definition) is 2. The number of rotatable bonds is 7. The highest BCUT2D eigenvalue weighted by Crippen LogP contribution is 2.27. The van der Waals surface area contributed by atoms with Gasteiger partial charge in [0.2, 0.25) is 5.91 Å². The fourth-order valence-corrected chi connectivity index (χ4v) is 3.90. The zero-order valence-electron chi connectivity index (χ0n) is 14.9. The molecule has 1 aliphatic heterocycles. The summed E-state index contributed by atoms with van der Waals surface area (Å²) in [6.07, 6.45) is 4.44. The van der Waals surface area contributed by atoms with Gasteiger partial charge in [0.05, 0.1) is 25.2 Å². The first-order valence-corrected chi connectivity index (χ1v) is 9.53. The van der Waals surface area contributed by atoms with Crippen molar-refractivity contribution < 1.29 is 14.6 Å². The summed E-state index contributed by atoms with van der Waals surface area (Å²) in [5.41, 5.74) is 1.28.